The maximum absolute atomic E-state index is 5.19. The number of fused-ring (bicyclic) bond motifs is 5. The van der Waals surface area contributed by atoms with E-state index in [0.717, 1.165) is 50.1 Å². The summed E-state index contributed by atoms with van der Waals surface area (Å²) in [5.41, 5.74) is 20.5. The fraction of sp³-hybridized carbons (Fsp3) is 0.0952. The Morgan fingerprint density at radius 1 is 0.242 bits per heavy atom. The molecule has 1 fully saturated rings. The molecule has 1 spiro atoms. The highest BCUT2D eigenvalue weighted by molar-refractivity contribution is 5.85. The van der Waals surface area contributed by atoms with Crippen molar-refractivity contribution in [3.8, 4) is 101 Å². The van der Waals surface area contributed by atoms with E-state index in [9.17, 15) is 0 Å². The van der Waals surface area contributed by atoms with Gasteiger partial charge in [-0.05, 0) is 127 Å². The Hall–Kier alpha value is -8.01. The van der Waals surface area contributed by atoms with Gasteiger partial charge in [-0.25, -0.2) is 15.0 Å². The standard InChI is InChI=1S/C63H47N3/c1-4-17-43(18-5-1)45-21-14-28-53(39-45)60-64-61(54-29-15-22-46(40-54)44-19-6-2-7-20-44)66-62(65-60)55-30-16-27-51(41-55)49-25-12-23-47(37-49)48-24-13-26-50(38-48)52-33-34-57-56-31-8-9-32-58(56)63(59(57)42-52)35-10-3-11-36-63/h1-2,4-9,12-34,37-42H,3,10-11,35-36H2. The average molecular weight is 846 g/mol. The molecule has 1 saturated carbocycles. The SMILES string of the molecule is c1ccc(-c2cccc(-c3nc(-c4cccc(-c5ccccc5)c4)nc(-c4cccc(-c5cccc(-c6cccc(-c7ccc8c(c7)C7(CCCCC7)c7ccccc7-8)c6)c5)c4)n3)c2)cc1. The van der Waals surface area contributed by atoms with Crippen LogP contribution in [0.1, 0.15) is 43.2 Å². The monoisotopic (exact) mass is 845 g/mol. The molecule has 2 aliphatic rings. The first kappa shape index (κ1) is 39.6. The lowest BCUT2D eigenvalue weighted by Crippen LogP contribution is -2.28. The van der Waals surface area contributed by atoms with Gasteiger partial charge in [-0.3, -0.25) is 0 Å². The van der Waals surface area contributed by atoms with Crippen LogP contribution >= 0.6 is 0 Å². The molecule has 0 aliphatic heterocycles. The highest BCUT2D eigenvalue weighted by Crippen LogP contribution is 2.56. The molecule has 0 bridgehead atoms. The smallest absolute Gasteiger partial charge is 0.164 e. The predicted octanol–water partition coefficient (Wildman–Crippen LogP) is 16.4. The molecule has 2 aliphatic carbocycles. The van der Waals surface area contributed by atoms with Crippen molar-refractivity contribution >= 4 is 0 Å². The Balaban J connectivity index is 0.900. The molecule has 0 atom stereocenters. The summed E-state index contributed by atoms with van der Waals surface area (Å²) in [4.78, 5) is 15.5. The van der Waals surface area contributed by atoms with Crippen molar-refractivity contribution in [2.24, 2.45) is 0 Å². The van der Waals surface area contributed by atoms with E-state index in [1.165, 1.54) is 76.6 Å². The van der Waals surface area contributed by atoms with Crippen molar-refractivity contribution in [3.63, 3.8) is 0 Å². The Morgan fingerprint density at radius 2 is 0.576 bits per heavy atom. The number of nitrogens with zero attached hydrogens (tertiary/aromatic N) is 3. The molecule has 66 heavy (non-hydrogen) atoms. The Labute approximate surface area is 387 Å². The van der Waals surface area contributed by atoms with Crippen molar-refractivity contribution in [3.05, 3.63) is 236 Å². The topological polar surface area (TPSA) is 38.7 Å². The average Bonchev–Trinajstić information content (AvgIpc) is 3.66. The van der Waals surface area contributed by atoms with Crippen molar-refractivity contribution in [2.75, 3.05) is 0 Å². The molecule has 0 radical (unpaired) electrons. The second-order valence-electron chi connectivity index (χ2n) is 17.9. The van der Waals surface area contributed by atoms with Gasteiger partial charge in [-0.15, -0.1) is 0 Å². The van der Waals surface area contributed by atoms with Gasteiger partial charge in [0.2, 0.25) is 0 Å². The van der Waals surface area contributed by atoms with E-state index in [1.807, 2.05) is 12.1 Å². The fourth-order valence-corrected chi connectivity index (χ4v) is 10.6. The molecule has 3 heteroatoms. The lowest BCUT2D eigenvalue weighted by atomic mass is 9.67. The zero-order valence-corrected chi connectivity index (χ0v) is 36.7. The van der Waals surface area contributed by atoms with E-state index in [-0.39, 0.29) is 5.41 Å². The third kappa shape index (κ3) is 7.33. The molecular weight excluding hydrogens is 799 g/mol. The van der Waals surface area contributed by atoms with Gasteiger partial charge in [0.25, 0.3) is 0 Å². The van der Waals surface area contributed by atoms with Gasteiger partial charge in [0.05, 0.1) is 0 Å². The summed E-state index contributed by atoms with van der Waals surface area (Å²) in [5, 5.41) is 0. The van der Waals surface area contributed by atoms with Gasteiger partial charge in [-0.1, -0.05) is 207 Å². The van der Waals surface area contributed by atoms with E-state index in [1.54, 1.807) is 0 Å². The molecule has 9 aromatic carbocycles. The third-order valence-corrected chi connectivity index (χ3v) is 13.9. The predicted molar refractivity (Wildman–Crippen MR) is 273 cm³/mol. The molecule has 3 nitrogen and oxygen atoms in total. The molecule has 0 unspecified atom stereocenters. The summed E-state index contributed by atoms with van der Waals surface area (Å²) >= 11 is 0. The largest absolute Gasteiger partial charge is 0.208 e. The summed E-state index contributed by atoms with van der Waals surface area (Å²) in [5.74, 6) is 1.89. The molecule has 12 rings (SSSR count). The van der Waals surface area contributed by atoms with E-state index in [0.29, 0.717) is 17.5 Å². The second-order valence-corrected chi connectivity index (χ2v) is 17.9. The number of benzene rings is 9. The lowest BCUT2D eigenvalue weighted by molar-refractivity contribution is 0.353. The minimum atomic E-state index is 0.131. The van der Waals surface area contributed by atoms with E-state index in [4.69, 9.17) is 15.0 Å². The molecule has 314 valence electrons. The molecule has 1 aromatic heterocycles. The van der Waals surface area contributed by atoms with Crippen LogP contribution in [-0.2, 0) is 5.41 Å². The molecular formula is C63H47N3. The summed E-state index contributed by atoms with van der Waals surface area (Å²) < 4.78 is 0. The number of hydrogen-bond acceptors (Lipinski definition) is 3. The van der Waals surface area contributed by atoms with Crippen LogP contribution < -0.4 is 0 Å². The Bertz CT molecular complexity index is 3300. The van der Waals surface area contributed by atoms with E-state index >= 15 is 0 Å². The third-order valence-electron chi connectivity index (χ3n) is 13.9. The van der Waals surface area contributed by atoms with E-state index in [2.05, 4.69) is 212 Å². The van der Waals surface area contributed by atoms with Crippen LogP contribution in [0.4, 0.5) is 0 Å². The Kier molecular flexibility index (Phi) is 10.1. The summed E-state index contributed by atoms with van der Waals surface area (Å²) in [6.07, 6.45) is 6.37. The van der Waals surface area contributed by atoms with Crippen LogP contribution in [0, 0.1) is 0 Å². The van der Waals surface area contributed by atoms with Gasteiger partial charge < -0.3 is 0 Å². The van der Waals surface area contributed by atoms with Gasteiger partial charge in [0.1, 0.15) is 0 Å². The minimum Gasteiger partial charge on any atom is -0.208 e. The van der Waals surface area contributed by atoms with Crippen LogP contribution in [0.15, 0.2) is 224 Å². The maximum Gasteiger partial charge on any atom is 0.164 e. The summed E-state index contributed by atoms with van der Waals surface area (Å²) in [7, 11) is 0. The quantitative estimate of drug-likeness (QED) is 0.153. The second kappa shape index (κ2) is 16.8. The van der Waals surface area contributed by atoms with Crippen LogP contribution in [0.25, 0.3) is 101 Å². The van der Waals surface area contributed by atoms with Gasteiger partial charge in [0, 0.05) is 22.1 Å². The van der Waals surface area contributed by atoms with Gasteiger partial charge >= 0.3 is 0 Å². The lowest BCUT2D eigenvalue weighted by Gasteiger charge is -2.36. The first-order valence-electron chi connectivity index (χ1n) is 23.3. The molecule has 0 amide bonds. The number of hydrogen-bond donors (Lipinski definition) is 0. The zero-order chi connectivity index (χ0) is 43.9. The zero-order valence-electron chi connectivity index (χ0n) is 36.7. The van der Waals surface area contributed by atoms with Gasteiger partial charge in [0.15, 0.2) is 17.5 Å². The summed E-state index contributed by atoms with van der Waals surface area (Å²) in [6, 6.07) is 80.8. The fourth-order valence-electron chi connectivity index (χ4n) is 10.6. The molecule has 1 heterocycles. The van der Waals surface area contributed by atoms with Crippen LogP contribution in [0.2, 0.25) is 0 Å². The van der Waals surface area contributed by atoms with Crippen molar-refractivity contribution in [1.29, 1.82) is 0 Å². The van der Waals surface area contributed by atoms with Crippen molar-refractivity contribution < 1.29 is 0 Å². The van der Waals surface area contributed by atoms with Crippen molar-refractivity contribution in [1.82, 2.24) is 15.0 Å². The first-order chi connectivity index (χ1) is 32.6. The number of rotatable bonds is 8. The van der Waals surface area contributed by atoms with Crippen molar-refractivity contribution in [2.45, 2.75) is 37.5 Å². The highest BCUT2D eigenvalue weighted by Gasteiger charge is 2.43. The Morgan fingerprint density at radius 3 is 1.03 bits per heavy atom. The summed E-state index contributed by atoms with van der Waals surface area (Å²) in [6.45, 7) is 0. The van der Waals surface area contributed by atoms with Crippen LogP contribution in [0.3, 0.4) is 0 Å². The first-order valence-corrected chi connectivity index (χ1v) is 23.3. The molecule has 0 N–H and O–H groups in total. The molecule has 10 aromatic rings. The number of aromatic nitrogens is 3. The minimum absolute atomic E-state index is 0.131. The van der Waals surface area contributed by atoms with Gasteiger partial charge in [-0.2, -0.15) is 0 Å². The van der Waals surface area contributed by atoms with Crippen LogP contribution in [-0.4, -0.2) is 15.0 Å². The highest BCUT2D eigenvalue weighted by atomic mass is 15.0. The maximum atomic E-state index is 5.19. The molecule has 0 saturated heterocycles. The van der Waals surface area contributed by atoms with E-state index < -0.39 is 0 Å². The van der Waals surface area contributed by atoms with Crippen LogP contribution in [0.5, 0.6) is 0 Å². The normalized spacial score (nSPS) is 13.6.